The predicted octanol–water partition coefficient (Wildman–Crippen LogP) is 7.97. The van der Waals surface area contributed by atoms with E-state index < -0.39 is 0 Å². The van der Waals surface area contributed by atoms with E-state index in [1.54, 1.807) is 7.11 Å². The maximum Gasteiger partial charge on any atom is 0.174 e. The van der Waals surface area contributed by atoms with Crippen LogP contribution in [0.1, 0.15) is 54.0 Å². The topological polar surface area (TPSA) is 42.8 Å². The van der Waals surface area contributed by atoms with E-state index in [-0.39, 0.29) is 0 Å². The second-order valence-corrected chi connectivity index (χ2v) is 10.5. The highest BCUT2D eigenvalue weighted by atomic mass is 127. The first-order valence-electron chi connectivity index (χ1n) is 12.3. The van der Waals surface area contributed by atoms with Gasteiger partial charge in [-0.3, -0.25) is 4.99 Å². The van der Waals surface area contributed by atoms with Gasteiger partial charge in [-0.25, -0.2) is 0 Å². The number of anilines is 1. The number of nitrogens with one attached hydrogen (secondary N) is 1. The number of aryl methyl sites for hydroxylation is 1. The molecule has 5 heteroatoms. The molecule has 1 heterocycles. The van der Waals surface area contributed by atoms with Crippen LogP contribution in [0.5, 0.6) is 11.5 Å². The summed E-state index contributed by atoms with van der Waals surface area (Å²) in [4.78, 5) is 4.73. The number of nitrogens with zero attached hydrogens (tertiary/aromatic N) is 1. The van der Waals surface area contributed by atoms with Gasteiger partial charge in [0.25, 0.3) is 0 Å². The molecule has 0 aromatic heterocycles. The van der Waals surface area contributed by atoms with Crippen LogP contribution in [-0.2, 0) is 0 Å². The molecule has 5 rings (SSSR count). The number of aliphatic imine (C=N–C) groups is 1. The molecule has 3 aromatic rings. The Morgan fingerprint density at radius 3 is 2.71 bits per heavy atom. The first-order chi connectivity index (χ1) is 17.1. The highest BCUT2D eigenvalue weighted by Gasteiger charge is 2.37. The molecule has 180 valence electrons. The smallest absolute Gasteiger partial charge is 0.174 e. The minimum absolute atomic E-state index is 0.296. The molecule has 0 radical (unpaired) electrons. The Morgan fingerprint density at radius 1 is 1.11 bits per heavy atom. The summed E-state index contributed by atoms with van der Waals surface area (Å²) < 4.78 is 12.4. The van der Waals surface area contributed by atoms with Crippen molar-refractivity contribution in [2.75, 3.05) is 19.0 Å². The van der Waals surface area contributed by atoms with Gasteiger partial charge >= 0.3 is 0 Å². The Hall–Kier alpha value is -2.80. The second-order valence-electron chi connectivity index (χ2n) is 9.30. The largest absolute Gasteiger partial charge is 0.493 e. The zero-order valence-electron chi connectivity index (χ0n) is 20.4. The van der Waals surface area contributed by atoms with Crippen LogP contribution in [0.3, 0.4) is 0 Å². The Kier molecular flexibility index (Phi) is 7.14. The molecule has 0 saturated carbocycles. The lowest BCUT2D eigenvalue weighted by Gasteiger charge is -2.37. The molecule has 35 heavy (non-hydrogen) atoms. The number of fused-ring (bicyclic) bond motifs is 3. The van der Waals surface area contributed by atoms with Crippen LogP contribution in [0.25, 0.3) is 0 Å². The molecule has 1 N–H and O–H groups in total. The molecule has 0 fully saturated rings. The summed E-state index contributed by atoms with van der Waals surface area (Å²) in [5.74, 6) is 2.56. The van der Waals surface area contributed by atoms with Crippen LogP contribution in [0.4, 0.5) is 11.4 Å². The molecular formula is C30H31IN2O2. The van der Waals surface area contributed by atoms with Crippen molar-refractivity contribution in [3.05, 3.63) is 92.6 Å². The number of methoxy groups -OCH3 is 1. The number of rotatable bonds is 7. The van der Waals surface area contributed by atoms with E-state index in [1.165, 1.54) is 22.4 Å². The molecule has 3 atom stereocenters. The normalized spacial score (nSPS) is 20.4. The fourth-order valence-electron chi connectivity index (χ4n) is 5.12. The lowest BCUT2D eigenvalue weighted by atomic mass is 9.76. The van der Waals surface area contributed by atoms with Crippen molar-refractivity contribution >= 4 is 40.2 Å². The van der Waals surface area contributed by atoms with Crippen molar-refractivity contribution in [1.29, 1.82) is 0 Å². The van der Waals surface area contributed by atoms with Gasteiger partial charge in [0.15, 0.2) is 11.5 Å². The molecule has 2 aliphatic rings. The minimum atomic E-state index is 0.296. The van der Waals surface area contributed by atoms with Crippen LogP contribution < -0.4 is 14.8 Å². The number of hydrogen-bond acceptors (Lipinski definition) is 4. The van der Waals surface area contributed by atoms with E-state index in [0.29, 0.717) is 24.5 Å². The summed E-state index contributed by atoms with van der Waals surface area (Å²) in [7, 11) is 1.67. The number of allylic oxidation sites excluding steroid dienone is 2. The summed E-state index contributed by atoms with van der Waals surface area (Å²) in [6.07, 6.45) is 8.68. The van der Waals surface area contributed by atoms with Crippen molar-refractivity contribution in [2.24, 2.45) is 10.9 Å². The zero-order valence-corrected chi connectivity index (χ0v) is 22.6. The SMILES string of the molecule is CCCOc1c(I)cc(C=Nc2ccc([C@@H]3Nc4ccc(C)cc4[C@H]4C=CC[C@@H]43)cc2)cc1OC. The lowest BCUT2D eigenvalue weighted by molar-refractivity contribution is 0.292. The molecule has 0 amide bonds. The van der Waals surface area contributed by atoms with E-state index in [2.05, 4.69) is 102 Å². The van der Waals surface area contributed by atoms with Crippen LogP contribution >= 0.6 is 22.6 Å². The zero-order chi connectivity index (χ0) is 24.4. The third kappa shape index (κ3) is 4.96. The van der Waals surface area contributed by atoms with E-state index in [0.717, 1.165) is 39.2 Å². The Labute approximate surface area is 221 Å². The highest BCUT2D eigenvalue weighted by molar-refractivity contribution is 14.1. The fourth-order valence-corrected chi connectivity index (χ4v) is 5.90. The maximum absolute atomic E-state index is 5.87. The second kappa shape index (κ2) is 10.4. The Morgan fingerprint density at radius 2 is 1.94 bits per heavy atom. The molecular weight excluding hydrogens is 547 g/mol. The standard InChI is InChI=1S/C30H31IN2O2/c1-4-14-35-30-26(31)16-20(17-28(30)34-3)18-32-22-11-9-21(10-12-22)29-24-7-5-6-23(24)25-15-19(2)8-13-27(25)33-29/h5-6,8-13,15-18,23-24,29,33H,4,7,14H2,1-3H3/t23-,24-,29-/m0/s1. The third-order valence-electron chi connectivity index (χ3n) is 6.84. The monoisotopic (exact) mass is 578 g/mol. The molecule has 0 bridgehead atoms. The summed E-state index contributed by atoms with van der Waals surface area (Å²) in [5, 5.41) is 3.82. The van der Waals surface area contributed by atoms with Crippen LogP contribution in [0.2, 0.25) is 0 Å². The van der Waals surface area contributed by atoms with Gasteiger partial charge in [-0.2, -0.15) is 0 Å². The quantitative estimate of drug-likeness (QED) is 0.176. The first kappa shape index (κ1) is 23.9. The van der Waals surface area contributed by atoms with Gasteiger partial charge in [-0.15, -0.1) is 0 Å². The van der Waals surface area contributed by atoms with Crippen LogP contribution in [-0.4, -0.2) is 19.9 Å². The van der Waals surface area contributed by atoms with E-state index in [4.69, 9.17) is 14.5 Å². The summed E-state index contributed by atoms with van der Waals surface area (Å²) in [6, 6.07) is 19.7. The molecule has 0 unspecified atom stereocenters. The highest BCUT2D eigenvalue weighted by Crippen LogP contribution is 2.50. The van der Waals surface area contributed by atoms with E-state index in [1.807, 2.05) is 12.3 Å². The van der Waals surface area contributed by atoms with Crippen LogP contribution in [0.15, 0.2) is 71.7 Å². The molecule has 0 spiro atoms. The fraction of sp³-hybridized carbons (Fsp3) is 0.300. The van der Waals surface area contributed by atoms with Gasteiger partial charge in [-0.1, -0.05) is 48.9 Å². The molecule has 4 nitrogen and oxygen atoms in total. The number of halogens is 1. The van der Waals surface area contributed by atoms with Gasteiger partial charge in [0.2, 0.25) is 0 Å². The molecule has 1 aliphatic carbocycles. The minimum Gasteiger partial charge on any atom is -0.493 e. The number of benzene rings is 3. The van der Waals surface area contributed by atoms with E-state index in [9.17, 15) is 0 Å². The average molecular weight is 578 g/mol. The predicted molar refractivity (Wildman–Crippen MR) is 153 cm³/mol. The number of ether oxygens (including phenoxy) is 2. The Balaban J connectivity index is 1.34. The molecule has 0 saturated heterocycles. The summed E-state index contributed by atoms with van der Waals surface area (Å²) in [6.45, 7) is 4.94. The number of hydrogen-bond donors (Lipinski definition) is 1. The Bertz CT molecular complexity index is 1270. The van der Waals surface area contributed by atoms with Crippen molar-refractivity contribution in [1.82, 2.24) is 0 Å². The summed E-state index contributed by atoms with van der Waals surface area (Å²) in [5.41, 5.74) is 7.23. The molecule has 1 aliphatic heterocycles. The first-order valence-corrected chi connectivity index (χ1v) is 13.3. The van der Waals surface area contributed by atoms with Crippen molar-refractivity contribution in [3.8, 4) is 11.5 Å². The third-order valence-corrected chi connectivity index (χ3v) is 7.64. The van der Waals surface area contributed by atoms with Gasteiger partial charge in [-0.05, 0) is 95.3 Å². The summed E-state index contributed by atoms with van der Waals surface area (Å²) >= 11 is 2.29. The average Bonchev–Trinajstić information content (AvgIpc) is 3.37. The lowest BCUT2D eigenvalue weighted by Crippen LogP contribution is -2.29. The van der Waals surface area contributed by atoms with Gasteiger partial charge in [0, 0.05) is 17.8 Å². The van der Waals surface area contributed by atoms with E-state index >= 15 is 0 Å². The maximum atomic E-state index is 5.87. The van der Waals surface area contributed by atoms with Crippen molar-refractivity contribution < 1.29 is 9.47 Å². The van der Waals surface area contributed by atoms with Crippen molar-refractivity contribution in [2.45, 2.75) is 38.6 Å². The van der Waals surface area contributed by atoms with Crippen molar-refractivity contribution in [3.63, 3.8) is 0 Å². The molecule has 3 aromatic carbocycles. The van der Waals surface area contributed by atoms with Crippen LogP contribution in [0, 0.1) is 16.4 Å². The van der Waals surface area contributed by atoms with Gasteiger partial charge in [0.1, 0.15) is 0 Å². The van der Waals surface area contributed by atoms with Gasteiger partial charge < -0.3 is 14.8 Å². The van der Waals surface area contributed by atoms with Gasteiger partial charge in [0.05, 0.1) is 29.0 Å².